The molecular formula is C62H43N5. The van der Waals surface area contributed by atoms with Crippen molar-refractivity contribution < 1.29 is 0 Å². The van der Waals surface area contributed by atoms with E-state index in [1.165, 1.54) is 0 Å². The van der Waals surface area contributed by atoms with Gasteiger partial charge in [0.15, 0.2) is 11.6 Å². The van der Waals surface area contributed by atoms with Crippen LogP contribution in [0.1, 0.15) is 5.56 Å². The second-order valence-corrected chi connectivity index (χ2v) is 16.4. The Labute approximate surface area is 390 Å². The SMILES string of the molecule is Cc1c(-c2ccccc2)nc(-c2ccccc2-c2cccc(-c3ccccn3)c2-c2ccccc2-c2nc(-c3ccccc3)c(-c3ccccc3)c(-c3ccccc3)n2)nc1-c1ccccc1. The molecule has 316 valence electrons. The van der Waals surface area contributed by atoms with Crippen LogP contribution in [-0.2, 0) is 0 Å². The van der Waals surface area contributed by atoms with Crippen LogP contribution < -0.4 is 0 Å². The van der Waals surface area contributed by atoms with Crippen LogP contribution in [-0.4, -0.2) is 24.9 Å². The summed E-state index contributed by atoms with van der Waals surface area (Å²) in [7, 11) is 0. The highest BCUT2D eigenvalue weighted by Crippen LogP contribution is 2.47. The minimum Gasteiger partial charge on any atom is -0.256 e. The molecule has 0 aliphatic carbocycles. The van der Waals surface area contributed by atoms with E-state index in [0.717, 1.165) is 106 Å². The molecule has 0 fully saturated rings. The quantitative estimate of drug-likeness (QED) is 0.137. The third-order valence-electron chi connectivity index (χ3n) is 12.2. The summed E-state index contributed by atoms with van der Waals surface area (Å²) in [4.78, 5) is 26.9. The third-order valence-corrected chi connectivity index (χ3v) is 12.2. The van der Waals surface area contributed by atoms with Gasteiger partial charge in [0.2, 0.25) is 0 Å². The van der Waals surface area contributed by atoms with Crippen molar-refractivity contribution in [1.29, 1.82) is 0 Å². The van der Waals surface area contributed by atoms with Crippen LogP contribution >= 0.6 is 0 Å². The normalized spacial score (nSPS) is 11.1. The molecule has 0 spiro atoms. The molecule has 5 nitrogen and oxygen atoms in total. The maximum Gasteiger partial charge on any atom is 0.161 e. The van der Waals surface area contributed by atoms with Gasteiger partial charge in [-0.3, -0.25) is 4.98 Å². The van der Waals surface area contributed by atoms with Crippen molar-refractivity contribution in [3.05, 3.63) is 248 Å². The van der Waals surface area contributed by atoms with Crippen molar-refractivity contribution in [1.82, 2.24) is 24.9 Å². The fraction of sp³-hybridized carbons (Fsp3) is 0.0161. The van der Waals surface area contributed by atoms with E-state index >= 15 is 0 Å². The first-order chi connectivity index (χ1) is 33.2. The average molecular weight is 858 g/mol. The Morgan fingerprint density at radius 1 is 0.254 bits per heavy atom. The molecule has 0 amide bonds. The summed E-state index contributed by atoms with van der Waals surface area (Å²) in [6.45, 7) is 2.12. The predicted octanol–water partition coefficient (Wildman–Crippen LogP) is 15.6. The summed E-state index contributed by atoms with van der Waals surface area (Å²) in [5.41, 5.74) is 18.2. The number of benzene rings is 8. The lowest BCUT2D eigenvalue weighted by atomic mass is 9.85. The molecule has 0 saturated carbocycles. The highest BCUT2D eigenvalue weighted by atomic mass is 14.9. The highest BCUT2D eigenvalue weighted by molar-refractivity contribution is 6.02. The first-order valence-corrected chi connectivity index (χ1v) is 22.5. The Morgan fingerprint density at radius 2 is 0.612 bits per heavy atom. The molecule has 11 aromatic rings. The second-order valence-electron chi connectivity index (χ2n) is 16.4. The number of hydrogen-bond acceptors (Lipinski definition) is 5. The van der Waals surface area contributed by atoms with Crippen molar-refractivity contribution in [2.24, 2.45) is 0 Å². The maximum atomic E-state index is 5.57. The fourth-order valence-corrected chi connectivity index (χ4v) is 9.07. The third kappa shape index (κ3) is 8.00. The van der Waals surface area contributed by atoms with Crippen molar-refractivity contribution >= 4 is 0 Å². The zero-order chi connectivity index (χ0) is 44.9. The van der Waals surface area contributed by atoms with Crippen molar-refractivity contribution in [2.45, 2.75) is 6.92 Å². The monoisotopic (exact) mass is 857 g/mol. The van der Waals surface area contributed by atoms with Gasteiger partial charge in [0.25, 0.3) is 0 Å². The van der Waals surface area contributed by atoms with Gasteiger partial charge < -0.3 is 0 Å². The molecule has 8 aromatic carbocycles. The van der Waals surface area contributed by atoms with Gasteiger partial charge in [0.1, 0.15) is 0 Å². The molecule has 0 unspecified atom stereocenters. The predicted molar refractivity (Wildman–Crippen MR) is 275 cm³/mol. The van der Waals surface area contributed by atoms with E-state index in [4.69, 9.17) is 24.9 Å². The zero-order valence-electron chi connectivity index (χ0n) is 36.8. The molecule has 0 saturated heterocycles. The molecule has 3 aromatic heterocycles. The molecular weight excluding hydrogens is 815 g/mol. The number of nitrogens with zero attached hydrogens (tertiary/aromatic N) is 5. The smallest absolute Gasteiger partial charge is 0.161 e. The van der Waals surface area contributed by atoms with E-state index in [1.807, 2.05) is 48.7 Å². The van der Waals surface area contributed by atoms with Crippen LogP contribution in [0.25, 0.3) is 112 Å². The van der Waals surface area contributed by atoms with Crippen LogP contribution in [0.4, 0.5) is 0 Å². The molecule has 0 radical (unpaired) electrons. The fourth-order valence-electron chi connectivity index (χ4n) is 9.07. The van der Waals surface area contributed by atoms with Crippen LogP contribution in [0.3, 0.4) is 0 Å². The lowest BCUT2D eigenvalue weighted by Crippen LogP contribution is -2.03. The lowest BCUT2D eigenvalue weighted by Gasteiger charge is -2.21. The van der Waals surface area contributed by atoms with Gasteiger partial charge >= 0.3 is 0 Å². The zero-order valence-corrected chi connectivity index (χ0v) is 36.8. The van der Waals surface area contributed by atoms with Gasteiger partial charge in [0, 0.05) is 56.3 Å². The Balaban J connectivity index is 1.19. The minimum atomic E-state index is 0.616. The van der Waals surface area contributed by atoms with Crippen LogP contribution in [0.15, 0.2) is 243 Å². The minimum absolute atomic E-state index is 0.616. The van der Waals surface area contributed by atoms with Crippen molar-refractivity contribution in [3.63, 3.8) is 0 Å². The van der Waals surface area contributed by atoms with Gasteiger partial charge in [-0.1, -0.05) is 224 Å². The van der Waals surface area contributed by atoms with E-state index in [9.17, 15) is 0 Å². The second kappa shape index (κ2) is 18.3. The van der Waals surface area contributed by atoms with Gasteiger partial charge in [-0.2, -0.15) is 0 Å². The molecule has 11 rings (SSSR count). The first-order valence-electron chi connectivity index (χ1n) is 22.5. The largest absolute Gasteiger partial charge is 0.256 e. The summed E-state index contributed by atoms with van der Waals surface area (Å²) in [6, 6.07) is 81.7. The molecule has 5 heteroatoms. The van der Waals surface area contributed by atoms with Crippen molar-refractivity contribution in [3.8, 4) is 112 Å². The molecule has 0 atom stereocenters. The van der Waals surface area contributed by atoms with Gasteiger partial charge in [-0.25, -0.2) is 19.9 Å². The number of aromatic nitrogens is 5. The van der Waals surface area contributed by atoms with E-state index in [2.05, 4.69) is 201 Å². The Kier molecular flexibility index (Phi) is 11.1. The summed E-state index contributed by atoms with van der Waals surface area (Å²) in [5.74, 6) is 1.26. The van der Waals surface area contributed by atoms with Crippen LogP contribution in [0.2, 0.25) is 0 Å². The summed E-state index contributed by atoms with van der Waals surface area (Å²) >= 11 is 0. The standard InChI is InChI=1S/C62H43N5/c1-42-57(44-26-9-3-10-27-44)64-61(65-58(42)45-28-11-4-12-29-45)51-36-19-17-34-48(51)49-38-23-39-53(54-40-21-22-41-63-54)56(49)50-35-18-20-37-52(50)62-66-59(46-30-13-5-14-31-46)55(43-24-7-2-8-25-43)60(67-62)47-32-15-6-16-33-47/h2-41H,1H3. The summed E-state index contributed by atoms with van der Waals surface area (Å²) < 4.78 is 0. The molecule has 0 N–H and O–H groups in total. The Hall–Kier alpha value is -8.93. The number of hydrogen-bond donors (Lipinski definition) is 0. The van der Waals surface area contributed by atoms with Crippen LogP contribution in [0.5, 0.6) is 0 Å². The molecule has 0 bridgehead atoms. The van der Waals surface area contributed by atoms with Gasteiger partial charge in [-0.05, 0) is 46.9 Å². The van der Waals surface area contributed by atoms with E-state index in [1.54, 1.807) is 0 Å². The highest BCUT2D eigenvalue weighted by Gasteiger charge is 2.25. The van der Waals surface area contributed by atoms with Gasteiger partial charge in [0.05, 0.1) is 28.5 Å². The average Bonchev–Trinajstić information content (AvgIpc) is 3.42. The molecule has 0 aliphatic heterocycles. The molecule has 0 aliphatic rings. The number of rotatable bonds is 10. The molecule has 3 heterocycles. The Bertz CT molecular complexity index is 3370. The molecule has 67 heavy (non-hydrogen) atoms. The Morgan fingerprint density at radius 3 is 1.09 bits per heavy atom. The summed E-state index contributed by atoms with van der Waals surface area (Å²) in [5, 5.41) is 0. The van der Waals surface area contributed by atoms with E-state index < -0.39 is 0 Å². The number of pyridine rings is 1. The lowest BCUT2D eigenvalue weighted by molar-refractivity contribution is 1.15. The first kappa shape index (κ1) is 40.8. The van der Waals surface area contributed by atoms with Crippen molar-refractivity contribution in [2.75, 3.05) is 0 Å². The van der Waals surface area contributed by atoms with E-state index in [0.29, 0.717) is 11.6 Å². The van der Waals surface area contributed by atoms with E-state index in [-0.39, 0.29) is 0 Å². The van der Waals surface area contributed by atoms with Crippen LogP contribution in [0, 0.1) is 6.92 Å². The van der Waals surface area contributed by atoms with Gasteiger partial charge in [-0.15, -0.1) is 0 Å². The maximum absolute atomic E-state index is 5.57. The topological polar surface area (TPSA) is 64.5 Å². The summed E-state index contributed by atoms with van der Waals surface area (Å²) in [6.07, 6.45) is 1.85.